The van der Waals surface area contributed by atoms with Crippen LogP contribution in [-0.4, -0.2) is 5.11 Å². The number of para-hydroxylation sites is 1. The van der Waals surface area contributed by atoms with Crippen LogP contribution < -0.4 is 5.32 Å². The lowest BCUT2D eigenvalue weighted by molar-refractivity contribution is 0.427. The summed E-state index contributed by atoms with van der Waals surface area (Å²) in [5.74, 6) is -0.886. The average molecular weight is 324 g/mol. The second-order valence-corrected chi connectivity index (χ2v) is 5.32. The van der Waals surface area contributed by atoms with Crippen molar-refractivity contribution in [1.82, 2.24) is 0 Å². The third-order valence-electron chi connectivity index (χ3n) is 2.99. The number of aryl methyl sites for hydroxylation is 2. The fraction of sp³-hybridized carbons (Fsp3) is 0.200. The number of aromatic hydroxyl groups is 1. The van der Waals surface area contributed by atoms with E-state index in [0.29, 0.717) is 12.1 Å². The molecule has 0 aromatic heterocycles. The zero-order valence-electron chi connectivity index (χ0n) is 10.8. The molecule has 19 heavy (non-hydrogen) atoms. The predicted molar refractivity (Wildman–Crippen MR) is 79.0 cm³/mol. The van der Waals surface area contributed by atoms with E-state index in [2.05, 4.69) is 21.2 Å². The van der Waals surface area contributed by atoms with Crippen LogP contribution in [0.2, 0.25) is 0 Å². The summed E-state index contributed by atoms with van der Waals surface area (Å²) < 4.78 is 14.3. The molecular formula is C15H15BrFNO. The minimum absolute atomic E-state index is 0.291. The van der Waals surface area contributed by atoms with Crippen LogP contribution in [0.25, 0.3) is 0 Å². The third kappa shape index (κ3) is 3.07. The Labute approximate surface area is 120 Å². The quantitative estimate of drug-likeness (QED) is 0.870. The second kappa shape index (κ2) is 5.61. The van der Waals surface area contributed by atoms with Crippen molar-refractivity contribution in [2.45, 2.75) is 20.4 Å². The molecular weight excluding hydrogens is 309 g/mol. The van der Waals surface area contributed by atoms with Gasteiger partial charge < -0.3 is 10.4 Å². The lowest BCUT2D eigenvalue weighted by Crippen LogP contribution is -2.01. The number of halogens is 2. The number of nitrogens with one attached hydrogen (secondary N) is 1. The van der Waals surface area contributed by atoms with Gasteiger partial charge in [0.15, 0.2) is 11.6 Å². The van der Waals surface area contributed by atoms with E-state index in [1.165, 1.54) is 6.07 Å². The van der Waals surface area contributed by atoms with Gasteiger partial charge >= 0.3 is 0 Å². The second-order valence-electron chi connectivity index (χ2n) is 4.53. The van der Waals surface area contributed by atoms with E-state index in [0.717, 1.165) is 21.3 Å². The van der Waals surface area contributed by atoms with Gasteiger partial charge in [-0.3, -0.25) is 0 Å². The molecule has 0 saturated heterocycles. The highest BCUT2D eigenvalue weighted by atomic mass is 79.9. The molecule has 2 aromatic rings. The van der Waals surface area contributed by atoms with Gasteiger partial charge in [-0.25, -0.2) is 4.39 Å². The highest BCUT2D eigenvalue weighted by molar-refractivity contribution is 9.10. The van der Waals surface area contributed by atoms with E-state index < -0.39 is 5.82 Å². The first-order valence-corrected chi connectivity index (χ1v) is 6.75. The van der Waals surface area contributed by atoms with Crippen LogP contribution in [-0.2, 0) is 6.54 Å². The van der Waals surface area contributed by atoms with Crippen molar-refractivity contribution < 1.29 is 9.50 Å². The molecule has 0 unspecified atom stereocenters. The van der Waals surface area contributed by atoms with Gasteiger partial charge in [-0.2, -0.15) is 0 Å². The van der Waals surface area contributed by atoms with E-state index in [-0.39, 0.29) is 5.75 Å². The summed E-state index contributed by atoms with van der Waals surface area (Å²) in [5.41, 5.74) is 3.75. The molecule has 4 heteroatoms. The maximum absolute atomic E-state index is 13.2. The molecule has 0 bridgehead atoms. The molecule has 2 N–H and O–H groups in total. The van der Waals surface area contributed by atoms with Crippen molar-refractivity contribution in [3.8, 4) is 5.75 Å². The van der Waals surface area contributed by atoms with Crippen LogP contribution in [0.3, 0.4) is 0 Å². The molecule has 2 aromatic carbocycles. The zero-order valence-corrected chi connectivity index (χ0v) is 12.4. The number of benzene rings is 2. The minimum Gasteiger partial charge on any atom is -0.505 e. The van der Waals surface area contributed by atoms with Gasteiger partial charge in [0.05, 0.1) is 0 Å². The molecule has 100 valence electrons. The van der Waals surface area contributed by atoms with Gasteiger partial charge in [0, 0.05) is 22.3 Å². The van der Waals surface area contributed by atoms with E-state index in [4.69, 9.17) is 0 Å². The number of rotatable bonds is 3. The molecule has 0 aliphatic rings. The fourth-order valence-corrected chi connectivity index (χ4v) is 2.18. The van der Waals surface area contributed by atoms with Crippen molar-refractivity contribution in [2.24, 2.45) is 0 Å². The smallest absolute Gasteiger partial charge is 0.165 e. The number of phenols is 1. The SMILES string of the molecule is Cc1cc(NCc2cccc(F)c2O)cc(C)c1Br. The van der Waals surface area contributed by atoms with Crippen LogP contribution in [0.15, 0.2) is 34.8 Å². The van der Waals surface area contributed by atoms with Crippen molar-refractivity contribution in [1.29, 1.82) is 0 Å². The summed E-state index contributed by atoms with van der Waals surface area (Å²) in [5, 5.41) is 12.8. The minimum atomic E-state index is -0.595. The first kappa shape index (κ1) is 13.9. The summed E-state index contributed by atoms with van der Waals surface area (Å²) in [6, 6.07) is 8.54. The molecule has 2 rings (SSSR count). The Balaban J connectivity index is 2.17. The van der Waals surface area contributed by atoms with Crippen LogP contribution in [0, 0.1) is 19.7 Å². The van der Waals surface area contributed by atoms with E-state index in [1.54, 1.807) is 12.1 Å². The molecule has 0 fully saturated rings. The number of hydrogen-bond acceptors (Lipinski definition) is 2. The first-order valence-electron chi connectivity index (χ1n) is 5.96. The Morgan fingerprint density at radius 2 is 1.84 bits per heavy atom. The Kier molecular flexibility index (Phi) is 4.10. The molecule has 0 radical (unpaired) electrons. The Hall–Kier alpha value is -1.55. The Bertz CT molecular complexity index is 590. The molecule has 0 aliphatic carbocycles. The molecule has 0 saturated carbocycles. The van der Waals surface area contributed by atoms with Crippen LogP contribution >= 0.6 is 15.9 Å². The monoisotopic (exact) mass is 323 g/mol. The summed E-state index contributed by atoms with van der Waals surface area (Å²) >= 11 is 3.51. The molecule has 0 atom stereocenters. The van der Waals surface area contributed by atoms with E-state index in [9.17, 15) is 9.50 Å². The Morgan fingerprint density at radius 3 is 2.47 bits per heavy atom. The van der Waals surface area contributed by atoms with Gasteiger partial charge in [0.25, 0.3) is 0 Å². The molecule has 2 nitrogen and oxygen atoms in total. The maximum Gasteiger partial charge on any atom is 0.165 e. The standard InChI is InChI=1S/C15H15BrFNO/c1-9-6-12(7-10(2)14(9)16)18-8-11-4-3-5-13(17)15(11)19/h3-7,18-19H,8H2,1-2H3. The third-order valence-corrected chi connectivity index (χ3v) is 4.24. The van der Waals surface area contributed by atoms with Gasteiger partial charge in [-0.15, -0.1) is 0 Å². The van der Waals surface area contributed by atoms with Crippen molar-refractivity contribution in [3.63, 3.8) is 0 Å². The van der Waals surface area contributed by atoms with Gasteiger partial charge in [-0.05, 0) is 43.2 Å². The number of hydrogen-bond donors (Lipinski definition) is 2. The van der Waals surface area contributed by atoms with Crippen molar-refractivity contribution in [2.75, 3.05) is 5.32 Å². The van der Waals surface area contributed by atoms with Crippen molar-refractivity contribution >= 4 is 21.6 Å². The Morgan fingerprint density at radius 1 is 1.21 bits per heavy atom. The highest BCUT2D eigenvalue weighted by Gasteiger charge is 2.07. The lowest BCUT2D eigenvalue weighted by atomic mass is 10.1. The van der Waals surface area contributed by atoms with Crippen molar-refractivity contribution in [3.05, 3.63) is 57.3 Å². The first-order chi connectivity index (χ1) is 8.99. The summed E-state index contributed by atoms with van der Waals surface area (Å²) in [7, 11) is 0. The van der Waals surface area contributed by atoms with Crippen LogP contribution in [0.4, 0.5) is 10.1 Å². The topological polar surface area (TPSA) is 32.3 Å². The lowest BCUT2D eigenvalue weighted by Gasteiger charge is -2.11. The number of anilines is 1. The van der Waals surface area contributed by atoms with Gasteiger partial charge in [0.2, 0.25) is 0 Å². The van der Waals surface area contributed by atoms with E-state index in [1.807, 2.05) is 26.0 Å². The molecule has 0 aliphatic heterocycles. The zero-order chi connectivity index (χ0) is 14.0. The molecule has 0 heterocycles. The number of phenolic OH excluding ortho intramolecular Hbond substituents is 1. The fourth-order valence-electron chi connectivity index (χ4n) is 1.95. The summed E-state index contributed by atoms with van der Waals surface area (Å²) in [6.07, 6.45) is 0. The maximum atomic E-state index is 13.2. The summed E-state index contributed by atoms with van der Waals surface area (Å²) in [6.45, 7) is 4.41. The van der Waals surface area contributed by atoms with E-state index >= 15 is 0 Å². The normalized spacial score (nSPS) is 10.5. The van der Waals surface area contributed by atoms with Crippen LogP contribution in [0.1, 0.15) is 16.7 Å². The van der Waals surface area contributed by atoms with Crippen LogP contribution in [0.5, 0.6) is 5.75 Å². The summed E-state index contributed by atoms with van der Waals surface area (Å²) in [4.78, 5) is 0. The molecule has 0 amide bonds. The largest absolute Gasteiger partial charge is 0.505 e. The van der Waals surface area contributed by atoms with Gasteiger partial charge in [0.1, 0.15) is 0 Å². The predicted octanol–water partition coefficient (Wildman–Crippen LogP) is 4.52. The highest BCUT2D eigenvalue weighted by Crippen LogP contribution is 2.26. The molecule has 0 spiro atoms. The average Bonchev–Trinajstić information content (AvgIpc) is 2.37. The van der Waals surface area contributed by atoms with Gasteiger partial charge in [-0.1, -0.05) is 28.1 Å².